The van der Waals surface area contributed by atoms with Crippen LogP contribution >= 0.6 is 11.3 Å². The number of carbonyl (C=O) groups excluding carboxylic acids is 1. The van der Waals surface area contributed by atoms with Crippen LogP contribution in [0.4, 0.5) is 5.69 Å². The van der Waals surface area contributed by atoms with E-state index in [9.17, 15) is 9.59 Å². The van der Waals surface area contributed by atoms with E-state index in [1.54, 1.807) is 31.3 Å². The van der Waals surface area contributed by atoms with E-state index in [1.165, 1.54) is 0 Å². The third-order valence-electron chi connectivity index (χ3n) is 3.76. The Balaban J connectivity index is 1.94. The summed E-state index contributed by atoms with van der Waals surface area (Å²) in [4.78, 5) is 29.6. The summed E-state index contributed by atoms with van der Waals surface area (Å²) in [5.41, 5.74) is 3.50. The van der Waals surface area contributed by atoms with Crippen molar-refractivity contribution in [2.45, 2.75) is 33.4 Å². The second-order valence-electron chi connectivity index (χ2n) is 6.77. The molecule has 2 rings (SSSR count). The number of hydrogen-bond acceptors (Lipinski definition) is 5. The normalized spacial score (nSPS) is 11.5. The SMILES string of the molecule is CN(Cc1cccc(NC(=O)CC(C)(C)C(=O)O)c1)Cc1cscn1. The number of rotatable bonds is 8. The van der Waals surface area contributed by atoms with E-state index >= 15 is 0 Å². The van der Waals surface area contributed by atoms with Crippen LogP contribution in [0.3, 0.4) is 0 Å². The molecule has 2 N–H and O–H groups in total. The van der Waals surface area contributed by atoms with Crippen molar-refractivity contribution in [3.8, 4) is 0 Å². The van der Waals surface area contributed by atoms with Gasteiger partial charge in [0.15, 0.2) is 0 Å². The number of anilines is 1. The second-order valence-corrected chi connectivity index (χ2v) is 7.49. The van der Waals surface area contributed by atoms with Gasteiger partial charge in [-0.25, -0.2) is 4.98 Å². The van der Waals surface area contributed by atoms with Gasteiger partial charge in [0.25, 0.3) is 0 Å². The molecule has 7 heteroatoms. The third-order valence-corrected chi connectivity index (χ3v) is 4.40. The van der Waals surface area contributed by atoms with Gasteiger partial charge in [-0.15, -0.1) is 11.3 Å². The quantitative estimate of drug-likeness (QED) is 0.754. The number of thiazole rings is 1. The Bertz CT molecular complexity index is 729. The van der Waals surface area contributed by atoms with E-state index in [0.29, 0.717) is 5.69 Å². The number of aliphatic carboxylic acids is 1. The second kappa shape index (κ2) is 8.22. The first-order chi connectivity index (χ1) is 11.8. The van der Waals surface area contributed by atoms with Crippen molar-refractivity contribution in [1.29, 1.82) is 0 Å². The molecule has 1 heterocycles. The summed E-state index contributed by atoms with van der Waals surface area (Å²) in [5.74, 6) is -1.29. The Hall–Kier alpha value is -2.25. The maximum atomic E-state index is 12.1. The number of nitrogens with zero attached hydrogens (tertiary/aromatic N) is 2. The molecule has 0 saturated carbocycles. The molecule has 0 fully saturated rings. The maximum absolute atomic E-state index is 12.1. The summed E-state index contributed by atoms with van der Waals surface area (Å²) >= 11 is 1.58. The van der Waals surface area contributed by atoms with Crippen LogP contribution in [-0.4, -0.2) is 33.9 Å². The predicted molar refractivity (Wildman–Crippen MR) is 98.4 cm³/mol. The van der Waals surface area contributed by atoms with Crippen LogP contribution in [0.5, 0.6) is 0 Å². The highest BCUT2D eigenvalue weighted by molar-refractivity contribution is 7.07. The standard InChI is InChI=1S/C18H23N3O3S/c1-18(2,17(23)24)8-16(22)20-14-6-4-5-13(7-14)9-21(3)10-15-11-25-12-19-15/h4-7,11-12H,8-10H2,1-3H3,(H,20,22)(H,23,24). The van der Waals surface area contributed by atoms with Gasteiger partial charge in [0, 0.05) is 30.6 Å². The van der Waals surface area contributed by atoms with Crippen LogP contribution in [0, 0.1) is 5.41 Å². The zero-order valence-corrected chi connectivity index (χ0v) is 15.5. The molecule has 0 bridgehead atoms. The van der Waals surface area contributed by atoms with Crippen LogP contribution < -0.4 is 5.32 Å². The number of carboxylic acid groups (broad SMARTS) is 1. The average molecular weight is 361 g/mol. The molecule has 134 valence electrons. The number of carbonyl (C=O) groups is 2. The van der Waals surface area contributed by atoms with Gasteiger partial charge in [-0.3, -0.25) is 14.5 Å². The number of nitrogens with one attached hydrogen (secondary N) is 1. The zero-order chi connectivity index (χ0) is 18.4. The molecule has 1 aromatic carbocycles. The summed E-state index contributed by atoms with van der Waals surface area (Å²) < 4.78 is 0. The van der Waals surface area contributed by atoms with Gasteiger partial charge >= 0.3 is 5.97 Å². The molecule has 0 aliphatic rings. The van der Waals surface area contributed by atoms with Crippen LogP contribution in [0.25, 0.3) is 0 Å². The lowest BCUT2D eigenvalue weighted by molar-refractivity contribution is -0.148. The van der Waals surface area contributed by atoms with Crippen molar-refractivity contribution < 1.29 is 14.7 Å². The van der Waals surface area contributed by atoms with Crippen LogP contribution in [0.15, 0.2) is 35.2 Å². The lowest BCUT2D eigenvalue weighted by Crippen LogP contribution is -2.29. The molecule has 2 aromatic rings. The highest BCUT2D eigenvalue weighted by Gasteiger charge is 2.30. The highest BCUT2D eigenvalue weighted by Crippen LogP contribution is 2.22. The fourth-order valence-electron chi connectivity index (χ4n) is 2.39. The smallest absolute Gasteiger partial charge is 0.309 e. The third kappa shape index (κ3) is 5.95. The van der Waals surface area contributed by atoms with Gasteiger partial charge < -0.3 is 10.4 Å². The van der Waals surface area contributed by atoms with Crippen LogP contribution in [0.1, 0.15) is 31.5 Å². The first-order valence-corrected chi connectivity index (χ1v) is 8.88. The van der Waals surface area contributed by atoms with Crippen molar-refractivity contribution in [3.05, 3.63) is 46.4 Å². The van der Waals surface area contributed by atoms with E-state index in [-0.39, 0.29) is 12.3 Å². The van der Waals surface area contributed by atoms with E-state index < -0.39 is 11.4 Å². The molecule has 0 aliphatic carbocycles. The minimum atomic E-state index is -1.09. The highest BCUT2D eigenvalue weighted by atomic mass is 32.1. The first-order valence-electron chi connectivity index (χ1n) is 7.94. The Kier molecular flexibility index (Phi) is 6.27. The molecule has 0 spiro atoms. The van der Waals surface area contributed by atoms with E-state index in [1.807, 2.05) is 36.1 Å². The van der Waals surface area contributed by atoms with Gasteiger partial charge in [0.1, 0.15) is 0 Å². The van der Waals surface area contributed by atoms with E-state index in [4.69, 9.17) is 5.11 Å². The predicted octanol–water partition coefficient (Wildman–Crippen LogP) is 3.21. The molecular weight excluding hydrogens is 338 g/mol. The largest absolute Gasteiger partial charge is 0.481 e. The fraction of sp³-hybridized carbons (Fsp3) is 0.389. The molecule has 0 saturated heterocycles. The number of amides is 1. The molecule has 0 atom stereocenters. The molecular formula is C18H23N3O3S. The molecule has 1 aromatic heterocycles. The molecule has 25 heavy (non-hydrogen) atoms. The Labute approximate surface area is 151 Å². The van der Waals surface area contributed by atoms with Gasteiger partial charge in [-0.2, -0.15) is 0 Å². The summed E-state index contributed by atoms with van der Waals surface area (Å²) in [6, 6.07) is 7.58. The lowest BCUT2D eigenvalue weighted by Gasteiger charge is -2.19. The molecule has 0 unspecified atom stereocenters. The average Bonchev–Trinajstić information content (AvgIpc) is 2.99. The minimum Gasteiger partial charge on any atom is -0.481 e. The number of aromatic nitrogens is 1. The Morgan fingerprint density at radius 2 is 2.08 bits per heavy atom. The molecule has 1 amide bonds. The van der Waals surface area contributed by atoms with Crippen LogP contribution in [0.2, 0.25) is 0 Å². The van der Waals surface area contributed by atoms with Gasteiger partial charge in [0.05, 0.1) is 16.6 Å². The number of carboxylic acids is 1. The van der Waals surface area contributed by atoms with Crippen molar-refractivity contribution in [3.63, 3.8) is 0 Å². The Morgan fingerprint density at radius 1 is 1.32 bits per heavy atom. The molecule has 0 radical (unpaired) electrons. The summed E-state index contributed by atoms with van der Waals surface area (Å²) in [7, 11) is 2.01. The number of benzene rings is 1. The van der Waals surface area contributed by atoms with Crippen molar-refractivity contribution in [1.82, 2.24) is 9.88 Å². The number of hydrogen-bond donors (Lipinski definition) is 2. The lowest BCUT2D eigenvalue weighted by atomic mass is 9.89. The van der Waals surface area contributed by atoms with Crippen molar-refractivity contribution in [2.75, 3.05) is 12.4 Å². The Morgan fingerprint density at radius 3 is 2.72 bits per heavy atom. The summed E-state index contributed by atoms with van der Waals surface area (Å²) in [6.07, 6.45) is -0.0731. The first kappa shape index (κ1) is 19.1. The minimum absolute atomic E-state index is 0.0731. The fourth-order valence-corrected chi connectivity index (χ4v) is 2.94. The van der Waals surface area contributed by atoms with Gasteiger partial charge in [-0.1, -0.05) is 12.1 Å². The van der Waals surface area contributed by atoms with Crippen LogP contribution in [-0.2, 0) is 22.7 Å². The van der Waals surface area contributed by atoms with Crippen molar-refractivity contribution >= 4 is 28.9 Å². The summed E-state index contributed by atoms with van der Waals surface area (Å²) in [5, 5.41) is 13.9. The molecule has 6 nitrogen and oxygen atoms in total. The molecule has 0 aliphatic heterocycles. The maximum Gasteiger partial charge on any atom is 0.309 e. The monoisotopic (exact) mass is 361 g/mol. The zero-order valence-electron chi connectivity index (χ0n) is 14.7. The van der Waals surface area contributed by atoms with E-state index in [0.717, 1.165) is 24.3 Å². The van der Waals surface area contributed by atoms with E-state index in [2.05, 4.69) is 15.2 Å². The van der Waals surface area contributed by atoms with Crippen molar-refractivity contribution in [2.24, 2.45) is 5.41 Å². The van der Waals surface area contributed by atoms with Gasteiger partial charge in [0.2, 0.25) is 5.91 Å². The van der Waals surface area contributed by atoms with Gasteiger partial charge in [-0.05, 0) is 38.6 Å². The summed E-state index contributed by atoms with van der Waals surface area (Å²) in [6.45, 7) is 4.56. The topological polar surface area (TPSA) is 82.5 Å².